The Hall–Kier alpha value is 1.93. The summed E-state index contributed by atoms with van der Waals surface area (Å²) in [5, 5.41) is 1.45. The minimum atomic E-state index is 0.592. The normalized spacial score (nSPS) is 38.8. The van der Waals surface area contributed by atoms with E-state index in [0.29, 0.717) is 14.9 Å². The van der Waals surface area contributed by atoms with E-state index in [2.05, 4.69) is 31.9 Å². The number of rotatable bonds is 0. The van der Waals surface area contributed by atoms with Crippen molar-refractivity contribution in [1.29, 1.82) is 0 Å². The molecule has 3 rings (SSSR count). The SMILES string of the molecule is S=c1sc2c(s1)S[C@H]1C[C@H](Br)[C@@H](Br)[C@@H]1S2. The molecule has 1 saturated carbocycles. The predicted molar refractivity (Wildman–Crippen MR) is 82.4 cm³/mol. The fourth-order valence-electron chi connectivity index (χ4n) is 1.81. The fourth-order valence-corrected chi connectivity index (χ4v) is 11.3. The van der Waals surface area contributed by atoms with Crippen LogP contribution in [-0.4, -0.2) is 20.2 Å². The van der Waals surface area contributed by atoms with Gasteiger partial charge >= 0.3 is 0 Å². The van der Waals surface area contributed by atoms with Gasteiger partial charge in [0.05, 0.1) is 8.42 Å². The highest BCUT2D eigenvalue weighted by atomic mass is 79.9. The van der Waals surface area contributed by atoms with Crippen molar-refractivity contribution in [2.24, 2.45) is 0 Å². The third-order valence-corrected chi connectivity index (χ3v) is 12.1. The summed E-state index contributed by atoms with van der Waals surface area (Å²) >= 11 is 20.4. The maximum absolute atomic E-state index is 5.25. The van der Waals surface area contributed by atoms with E-state index in [-0.39, 0.29) is 0 Å². The zero-order valence-electron chi connectivity index (χ0n) is 7.31. The largest absolute Gasteiger partial charge is 0.145 e. The molecular weight excluding hydrogens is 416 g/mol. The van der Waals surface area contributed by atoms with Crippen molar-refractivity contribution in [3.8, 4) is 0 Å². The van der Waals surface area contributed by atoms with E-state index in [4.69, 9.17) is 12.2 Å². The predicted octanol–water partition coefficient (Wildman–Crippen LogP) is 5.40. The number of alkyl halides is 2. The lowest BCUT2D eigenvalue weighted by Gasteiger charge is -2.24. The topological polar surface area (TPSA) is 0 Å². The first-order valence-corrected chi connectivity index (χ1v) is 10.0. The van der Waals surface area contributed by atoms with Crippen LogP contribution in [0.25, 0.3) is 0 Å². The van der Waals surface area contributed by atoms with E-state index in [0.717, 1.165) is 8.39 Å². The molecule has 0 saturated heterocycles. The second-order valence-corrected chi connectivity index (χ2v) is 11.9. The Balaban J connectivity index is 1.95. The van der Waals surface area contributed by atoms with Crippen molar-refractivity contribution < 1.29 is 0 Å². The van der Waals surface area contributed by atoms with Gasteiger partial charge in [-0.15, -0.1) is 46.2 Å². The van der Waals surface area contributed by atoms with Gasteiger partial charge in [-0.3, -0.25) is 0 Å². The van der Waals surface area contributed by atoms with Gasteiger partial charge in [-0.05, 0) is 6.42 Å². The van der Waals surface area contributed by atoms with Crippen molar-refractivity contribution in [3.63, 3.8) is 0 Å². The molecule has 0 radical (unpaired) electrons. The minimum absolute atomic E-state index is 0.592. The Kier molecular flexibility index (Phi) is 3.64. The molecule has 0 bridgehead atoms. The molecule has 1 aromatic rings. The number of fused-ring (bicyclic) bond motifs is 2. The number of hydrogen-bond donors (Lipinski definition) is 0. The fraction of sp³-hybridized carbons (Fsp3) is 0.625. The van der Waals surface area contributed by atoms with E-state index >= 15 is 0 Å². The highest BCUT2D eigenvalue weighted by Crippen LogP contribution is 2.57. The van der Waals surface area contributed by atoms with Crippen LogP contribution in [0.1, 0.15) is 6.42 Å². The van der Waals surface area contributed by atoms with Crippen LogP contribution in [0.2, 0.25) is 0 Å². The van der Waals surface area contributed by atoms with Crippen molar-refractivity contribution >= 4 is 90.3 Å². The second-order valence-electron chi connectivity index (χ2n) is 3.46. The molecule has 2 heterocycles. The molecule has 7 heteroatoms. The smallest absolute Gasteiger partial charge is 0.109 e. The van der Waals surface area contributed by atoms with Crippen LogP contribution in [0.5, 0.6) is 0 Å². The molecule has 1 aromatic heterocycles. The summed E-state index contributed by atoms with van der Waals surface area (Å²) in [5.41, 5.74) is 0. The molecule has 0 spiro atoms. The Morgan fingerprint density at radius 1 is 1.13 bits per heavy atom. The number of thioether (sulfide) groups is 2. The molecule has 1 aliphatic heterocycles. The van der Waals surface area contributed by atoms with E-state index in [1.54, 1.807) is 22.7 Å². The summed E-state index contributed by atoms with van der Waals surface area (Å²) in [6.45, 7) is 0. The standard InChI is InChI=1S/C8H6Br2S5/c9-2-1-3-5(4(2)10)13-7-6(12-3)14-8(11)15-7/h2-5H,1H2/t2-,3-,4+,5+/m0/s1. The summed E-state index contributed by atoms with van der Waals surface area (Å²) in [7, 11) is 0. The Morgan fingerprint density at radius 2 is 1.80 bits per heavy atom. The molecule has 0 nitrogen and oxygen atoms in total. The van der Waals surface area contributed by atoms with Crippen molar-refractivity contribution in [2.45, 2.75) is 35.0 Å². The zero-order chi connectivity index (χ0) is 10.6. The van der Waals surface area contributed by atoms with Gasteiger partial charge in [-0.2, -0.15) is 0 Å². The third kappa shape index (κ3) is 2.15. The molecule has 0 N–H and O–H groups in total. The average molecular weight is 422 g/mol. The Morgan fingerprint density at radius 3 is 2.53 bits per heavy atom. The zero-order valence-corrected chi connectivity index (χ0v) is 14.6. The number of hydrogen-bond acceptors (Lipinski definition) is 5. The molecule has 15 heavy (non-hydrogen) atoms. The van der Waals surface area contributed by atoms with E-state index in [9.17, 15) is 0 Å². The first kappa shape index (κ1) is 12.0. The Bertz CT molecular complexity index is 438. The van der Waals surface area contributed by atoms with E-state index < -0.39 is 0 Å². The summed E-state index contributed by atoms with van der Waals surface area (Å²) in [6.07, 6.45) is 1.26. The summed E-state index contributed by atoms with van der Waals surface area (Å²) in [4.78, 5) is 1.21. The van der Waals surface area contributed by atoms with Crippen LogP contribution < -0.4 is 0 Å². The molecule has 0 aromatic carbocycles. The van der Waals surface area contributed by atoms with Crippen LogP contribution in [0, 0.1) is 3.14 Å². The second kappa shape index (κ2) is 4.55. The maximum Gasteiger partial charge on any atom is 0.145 e. The van der Waals surface area contributed by atoms with Gasteiger partial charge in [0.25, 0.3) is 0 Å². The molecule has 0 amide bonds. The first-order valence-electron chi connectivity index (χ1n) is 4.40. The summed E-state index contributed by atoms with van der Waals surface area (Å²) in [6, 6.07) is 0. The van der Waals surface area contributed by atoms with E-state index in [1.165, 1.54) is 14.8 Å². The van der Waals surface area contributed by atoms with Gasteiger partial charge in [0, 0.05) is 20.2 Å². The third-order valence-electron chi connectivity index (χ3n) is 2.50. The van der Waals surface area contributed by atoms with Crippen molar-refractivity contribution in [3.05, 3.63) is 3.14 Å². The van der Waals surface area contributed by atoms with Gasteiger partial charge in [-0.25, -0.2) is 0 Å². The van der Waals surface area contributed by atoms with Gasteiger partial charge in [0.1, 0.15) is 3.14 Å². The highest BCUT2D eigenvalue weighted by Gasteiger charge is 2.45. The van der Waals surface area contributed by atoms with Crippen molar-refractivity contribution in [2.75, 3.05) is 0 Å². The summed E-state index contributed by atoms with van der Waals surface area (Å²) in [5.74, 6) is 0. The number of halogens is 2. The first-order chi connectivity index (χ1) is 7.15. The Labute approximate surface area is 127 Å². The lowest BCUT2D eigenvalue weighted by molar-refractivity contribution is 0.922. The lowest BCUT2D eigenvalue weighted by Crippen LogP contribution is -2.23. The van der Waals surface area contributed by atoms with Crippen LogP contribution >= 0.6 is 90.3 Å². The summed E-state index contributed by atoms with van der Waals surface area (Å²) < 4.78 is 3.97. The molecule has 0 unspecified atom stereocenters. The van der Waals surface area contributed by atoms with Gasteiger partial charge < -0.3 is 0 Å². The van der Waals surface area contributed by atoms with Crippen LogP contribution in [0.15, 0.2) is 8.42 Å². The van der Waals surface area contributed by atoms with Crippen LogP contribution in [0.4, 0.5) is 0 Å². The monoisotopic (exact) mass is 420 g/mol. The highest BCUT2D eigenvalue weighted by molar-refractivity contribution is 9.12. The van der Waals surface area contributed by atoms with Gasteiger partial charge in [0.2, 0.25) is 0 Å². The van der Waals surface area contributed by atoms with Crippen molar-refractivity contribution in [1.82, 2.24) is 0 Å². The molecule has 4 atom stereocenters. The van der Waals surface area contributed by atoms with Crippen LogP contribution in [0.3, 0.4) is 0 Å². The molecule has 2 aliphatic rings. The average Bonchev–Trinajstić information content (AvgIpc) is 2.65. The van der Waals surface area contributed by atoms with Gasteiger partial charge in [0.15, 0.2) is 0 Å². The van der Waals surface area contributed by atoms with Gasteiger partial charge in [-0.1, -0.05) is 44.1 Å². The molecule has 1 aliphatic carbocycles. The van der Waals surface area contributed by atoms with Crippen LogP contribution in [-0.2, 0) is 0 Å². The quantitative estimate of drug-likeness (QED) is 0.406. The maximum atomic E-state index is 5.25. The molecule has 1 fully saturated rings. The molecular formula is C8H6Br2S5. The lowest BCUT2D eigenvalue weighted by atomic mass is 10.4. The molecule has 82 valence electrons. The van der Waals surface area contributed by atoms with E-state index in [1.807, 2.05) is 23.5 Å². The minimum Gasteiger partial charge on any atom is -0.109 e.